The van der Waals surface area contributed by atoms with E-state index in [0.29, 0.717) is 35.8 Å². The van der Waals surface area contributed by atoms with Crippen LogP contribution >= 0.6 is 15.9 Å². The Morgan fingerprint density at radius 3 is 1.95 bits per heavy atom. The quantitative estimate of drug-likeness (QED) is 0.283. The van der Waals surface area contributed by atoms with E-state index < -0.39 is 5.97 Å². The lowest BCUT2D eigenvalue weighted by molar-refractivity contribution is 0.0508. The van der Waals surface area contributed by atoms with Gasteiger partial charge in [0.15, 0.2) is 11.4 Å². The van der Waals surface area contributed by atoms with Crippen molar-refractivity contribution in [3.8, 4) is 11.1 Å². The molecular formula is C27H26BrN5O5. The van der Waals surface area contributed by atoms with Crippen molar-refractivity contribution < 1.29 is 19.1 Å². The number of carbonyl (C=O) groups excluding carboxylic acids is 2. The Balaban J connectivity index is 0.000000194. The first kappa shape index (κ1) is 26.8. The first-order valence-electron chi connectivity index (χ1n) is 11.8. The van der Waals surface area contributed by atoms with Crippen LogP contribution in [0.15, 0.2) is 70.6 Å². The minimum absolute atomic E-state index is 0.0235. The molecule has 0 bridgehead atoms. The van der Waals surface area contributed by atoms with Crippen LogP contribution in [0.2, 0.25) is 0 Å². The van der Waals surface area contributed by atoms with E-state index in [1.807, 2.05) is 36.5 Å². The maximum absolute atomic E-state index is 12.0. The number of hydrogen-bond donors (Lipinski definition) is 0. The normalized spacial score (nSPS) is 10.8. The molecule has 0 spiro atoms. The van der Waals surface area contributed by atoms with Crippen LogP contribution in [0.1, 0.15) is 40.4 Å². The number of ether oxygens (including phenoxy) is 2. The largest absolute Gasteiger partial charge is 0.461 e. The molecule has 5 heterocycles. The molecule has 0 radical (unpaired) electrons. The number of nitrogens with zero attached hydrogens (tertiary/aromatic N) is 5. The Kier molecular flexibility index (Phi) is 8.06. The Morgan fingerprint density at radius 2 is 1.39 bits per heavy atom. The number of aryl methyl sites for hydroxylation is 2. The van der Waals surface area contributed by atoms with Crippen molar-refractivity contribution in [3.05, 3.63) is 93.1 Å². The minimum Gasteiger partial charge on any atom is -0.461 e. The third-order valence-electron chi connectivity index (χ3n) is 5.64. The fourth-order valence-electron chi connectivity index (χ4n) is 3.85. The van der Waals surface area contributed by atoms with Gasteiger partial charge in [-0.2, -0.15) is 0 Å². The van der Waals surface area contributed by atoms with Gasteiger partial charge >= 0.3 is 11.9 Å². The number of imidazole rings is 2. The summed E-state index contributed by atoms with van der Waals surface area (Å²) in [5, 5.41) is 0. The second-order valence-electron chi connectivity index (χ2n) is 8.28. The van der Waals surface area contributed by atoms with Crippen LogP contribution in [0.5, 0.6) is 0 Å². The standard InChI is InChI=1S/C17H17N3O3.C10H9BrN2O2/c1-4-23-17(22)14-8-18-15-6-5-12(10-20(14)15)13-7-11(2)16(21)19(3)9-13;1-2-15-10(14)8-5-12-9-4-3-7(11)6-13(8)9/h5-10H,4H2,1-3H3;3-6H,2H2,1H3. The van der Waals surface area contributed by atoms with Crippen molar-refractivity contribution in [1.29, 1.82) is 0 Å². The smallest absolute Gasteiger partial charge is 0.356 e. The molecule has 5 aromatic rings. The van der Waals surface area contributed by atoms with E-state index in [2.05, 4.69) is 25.9 Å². The van der Waals surface area contributed by atoms with Crippen LogP contribution in [-0.2, 0) is 16.5 Å². The predicted octanol–water partition coefficient (Wildman–Crippen LogP) is 4.46. The van der Waals surface area contributed by atoms with E-state index in [1.54, 1.807) is 53.6 Å². The zero-order chi connectivity index (χ0) is 27.4. The average Bonchev–Trinajstić information content (AvgIpc) is 3.51. The highest BCUT2D eigenvalue weighted by molar-refractivity contribution is 9.10. The van der Waals surface area contributed by atoms with Gasteiger partial charge in [0.05, 0.1) is 25.6 Å². The van der Waals surface area contributed by atoms with E-state index in [-0.39, 0.29) is 11.5 Å². The molecule has 196 valence electrons. The van der Waals surface area contributed by atoms with Crippen molar-refractivity contribution in [1.82, 2.24) is 23.3 Å². The van der Waals surface area contributed by atoms with E-state index >= 15 is 0 Å². The van der Waals surface area contributed by atoms with Gasteiger partial charge in [0.1, 0.15) is 11.3 Å². The summed E-state index contributed by atoms with van der Waals surface area (Å²) in [5.74, 6) is -0.767. The van der Waals surface area contributed by atoms with E-state index in [4.69, 9.17) is 9.47 Å². The van der Waals surface area contributed by atoms with Crippen LogP contribution in [0, 0.1) is 6.92 Å². The van der Waals surface area contributed by atoms with Gasteiger partial charge in [-0.15, -0.1) is 0 Å². The highest BCUT2D eigenvalue weighted by Crippen LogP contribution is 2.21. The summed E-state index contributed by atoms with van der Waals surface area (Å²) in [7, 11) is 1.72. The van der Waals surface area contributed by atoms with Gasteiger partial charge in [0.2, 0.25) is 0 Å². The molecule has 0 saturated heterocycles. The van der Waals surface area contributed by atoms with E-state index in [1.165, 1.54) is 12.4 Å². The zero-order valence-corrected chi connectivity index (χ0v) is 22.9. The SMILES string of the molecule is CCOC(=O)c1cnc2ccc(-c3cc(C)c(=O)n(C)c3)cn12.CCOC(=O)c1cnc2ccc(Br)cn12. The first-order chi connectivity index (χ1) is 18.2. The second-order valence-corrected chi connectivity index (χ2v) is 9.19. The number of pyridine rings is 3. The first-order valence-corrected chi connectivity index (χ1v) is 12.6. The maximum Gasteiger partial charge on any atom is 0.356 e. The molecule has 38 heavy (non-hydrogen) atoms. The monoisotopic (exact) mass is 579 g/mol. The van der Waals surface area contributed by atoms with Crippen molar-refractivity contribution in [2.75, 3.05) is 13.2 Å². The van der Waals surface area contributed by atoms with Crippen molar-refractivity contribution >= 4 is 39.2 Å². The van der Waals surface area contributed by atoms with Crippen LogP contribution in [0.25, 0.3) is 22.4 Å². The van der Waals surface area contributed by atoms with Crippen LogP contribution < -0.4 is 5.56 Å². The Hall–Kier alpha value is -4.25. The van der Waals surface area contributed by atoms with E-state index in [0.717, 1.165) is 21.2 Å². The highest BCUT2D eigenvalue weighted by atomic mass is 79.9. The Bertz CT molecular complexity index is 1680. The van der Waals surface area contributed by atoms with Crippen molar-refractivity contribution in [3.63, 3.8) is 0 Å². The zero-order valence-electron chi connectivity index (χ0n) is 21.3. The minimum atomic E-state index is -0.409. The summed E-state index contributed by atoms with van der Waals surface area (Å²) < 4.78 is 15.8. The number of rotatable bonds is 5. The molecule has 5 rings (SSSR count). The number of esters is 2. The molecule has 0 fully saturated rings. The van der Waals surface area contributed by atoms with E-state index in [9.17, 15) is 14.4 Å². The summed E-state index contributed by atoms with van der Waals surface area (Å²) in [6, 6.07) is 9.28. The molecule has 10 nitrogen and oxygen atoms in total. The molecule has 0 aromatic carbocycles. The van der Waals surface area contributed by atoms with Gasteiger partial charge in [-0.3, -0.25) is 13.6 Å². The molecule has 0 amide bonds. The number of fused-ring (bicyclic) bond motifs is 2. The summed E-state index contributed by atoms with van der Waals surface area (Å²) in [6.45, 7) is 5.99. The molecule has 0 saturated carbocycles. The van der Waals surface area contributed by atoms with Gasteiger partial charge in [0.25, 0.3) is 5.56 Å². The molecule has 0 N–H and O–H groups in total. The fraction of sp³-hybridized carbons (Fsp3) is 0.222. The number of carbonyl (C=O) groups is 2. The molecule has 0 atom stereocenters. The molecular weight excluding hydrogens is 554 g/mol. The lowest BCUT2D eigenvalue weighted by Gasteiger charge is -2.08. The molecule has 11 heteroatoms. The lowest BCUT2D eigenvalue weighted by atomic mass is 10.1. The number of halogens is 1. The summed E-state index contributed by atoms with van der Waals surface area (Å²) in [5.41, 5.74) is 4.64. The summed E-state index contributed by atoms with van der Waals surface area (Å²) in [6.07, 6.45) is 8.41. The van der Waals surface area contributed by atoms with Gasteiger partial charge in [-0.25, -0.2) is 19.6 Å². The summed E-state index contributed by atoms with van der Waals surface area (Å²) >= 11 is 3.34. The summed E-state index contributed by atoms with van der Waals surface area (Å²) in [4.78, 5) is 43.7. The van der Waals surface area contributed by atoms with Crippen molar-refractivity contribution in [2.24, 2.45) is 7.05 Å². The second kappa shape index (κ2) is 11.4. The van der Waals surface area contributed by atoms with Gasteiger partial charge in [-0.05, 0) is 78.2 Å². The third-order valence-corrected chi connectivity index (χ3v) is 6.11. The Labute approximate surface area is 226 Å². The van der Waals surface area contributed by atoms with Crippen molar-refractivity contribution in [2.45, 2.75) is 20.8 Å². The fourth-order valence-corrected chi connectivity index (χ4v) is 4.19. The van der Waals surface area contributed by atoms with Crippen LogP contribution in [-0.4, -0.2) is 48.5 Å². The molecule has 0 aliphatic carbocycles. The molecule has 5 aromatic heterocycles. The number of aromatic nitrogens is 5. The number of hydrogen-bond acceptors (Lipinski definition) is 7. The topological polar surface area (TPSA) is 109 Å². The molecule has 0 aliphatic rings. The van der Waals surface area contributed by atoms with Gasteiger partial charge < -0.3 is 14.0 Å². The predicted molar refractivity (Wildman–Crippen MR) is 145 cm³/mol. The lowest BCUT2D eigenvalue weighted by Crippen LogP contribution is -2.18. The van der Waals surface area contributed by atoms with Crippen LogP contribution in [0.4, 0.5) is 0 Å². The molecule has 0 unspecified atom stereocenters. The highest BCUT2D eigenvalue weighted by Gasteiger charge is 2.14. The van der Waals surface area contributed by atoms with Crippen LogP contribution in [0.3, 0.4) is 0 Å². The Morgan fingerprint density at radius 1 is 0.842 bits per heavy atom. The van der Waals surface area contributed by atoms with Gasteiger partial charge in [-0.1, -0.05) is 0 Å². The van der Waals surface area contributed by atoms with Gasteiger partial charge in [0, 0.05) is 35.7 Å². The average molecular weight is 580 g/mol. The molecule has 0 aliphatic heterocycles. The maximum atomic E-state index is 12.0. The third kappa shape index (κ3) is 5.52.